The lowest BCUT2D eigenvalue weighted by atomic mass is 10.1. The van der Waals surface area contributed by atoms with E-state index in [1.54, 1.807) is 0 Å². The molecule has 72 valence electrons. The number of nitrogens with zero attached hydrogens (tertiary/aromatic N) is 2. The van der Waals surface area contributed by atoms with Crippen molar-refractivity contribution in [2.45, 2.75) is 32.1 Å². The summed E-state index contributed by atoms with van der Waals surface area (Å²) in [6, 6.07) is 0. The van der Waals surface area contributed by atoms with Gasteiger partial charge in [0.1, 0.15) is 5.82 Å². The topological polar surface area (TPSA) is 53.6 Å². The molecule has 0 amide bonds. The van der Waals surface area contributed by atoms with Gasteiger partial charge in [-0.2, -0.15) is 5.10 Å². The third kappa shape index (κ3) is 1.72. The molecule has 0 saturated carbocycles. The molecule has 1 aromatic rings. The molecule has 2 heterocycles. The first-order chi connectivity index (χ1) is 6.27. The van der Waals surface area contributed by atoms with E-state index in [9.17, 15) is 0 Å². The molecule has 0 aliphatic carbocycles. The molecule has 1 saturated heterocycles. The van der Waals surface area contributed by atoms with E-state index < -0.39 is 0 Å². The summed E-state index contributed by atoms with van der Waals surface area (Å²) in [4.78, 5) is 4.49. The average Bonchev–Trinajstić information content (AvgIpc) is 2.75. The van der Waals surface area contributed by atoms with Gasteiger partial charge in [-0.3, -0.25) is 5.10 Å². The Morgan fingerprint density at radius 3 is 2.85 bits per heavy atom. The van der Waals surface area contributed by atoms with Gasteiger partial charge in [-0.05, 0) is 13.0 Å². The Labute approximate surface area is 78.1 Å². The van der Waals surface area contributed by atoms with Crippen LogP contribution in [0.25, 0.3) is 0 Å². The number of hydrogen-bond donors (Lipinski definition) is 2. The van der Waals surface area contributed by atoms with E-state index in [1.165, 1.54) is 6.42 Å². The van der Waals surface area contributed by atoms with Crippen LogP contribution in [0.5, 0.6) is 0 Å². The minimum absolute atomic E-state index is 0.416. The van der Waals surface area contributed by atoms with E-state index in [0.717, 1.165) is 24.7 Å². The number of rotatable bonds is 2. The van der Waals surface area contributed by atoms with Crippen LogP contribution < -0.4 is 5.32 Å². The lowest BCUT2D eigenvalue weighted by Gasteiger charge is -2.01. The zero-order valence-corrected chi connectivity index (χ0v) is 8.17. The Bertz CT molecular complexity index is 273. The lowest BCUT2D eigenvalue weighted by molar-refractivity contribution is 0.704. The molecule has 0 aromatic carbocycles. The van der Waals surface area contributed by atoms with Crippen molar-refractivity contribution >= 4 is 0 Å². The molecule has 1 atom stereocenters. The second-order valence-electron chi connectivity index (χ2n) is 3.92. The van der Waals surface area contributed by atoms with Crippen LogP contribution in [-0.2, 0) is 0 Å². The van der Waals surface area contributed by atoms with Gasteiger partial charge in [-0.1, -0.05) is 13.8 Å². The van der Waals surface area contributed by atoms with Gasteiger partial charge < -0.3 is 5.32 Å². The fourth-order valence-electron chi connectivity index (χ4n) is 1.62. The number of aromatic nitrogens is 3. The van der Waals surface area contributed by atoms with Crippen LogP contribution in [0.2, 0.25) is 0 Å². The predicted octanol–water partition coefficient (Wildman–Crippen LogP) is 1.00. The standard InChI is InChI=1S/C9H16N4/c1-6(2)8-11-9(13-12-8)7-3-4-10-5-7/h6-7,10H,3-5H2,1-2H3,(H,11,12,13). The molecule has 2 N–H and O–H groups in total. The molecule has 1 aliphatic heterocycles. The minimum atomic E-state index is 0.416. The summed E-state index contributed by atoms with van der Waals surface area (Å²) in [5.41, 5.74) is 0. The first-order valence-corrected chi connectivity index (χ1v) is 4.90. The molecule has 2 rings (SSSR count). The van der Waals surface area contributed by atoms with Crippen molar-refractivity contribution in [2.24, 2.45) is 0 Å². The fraction of sp³-hybridized carbons (Fsp3) is 0.778. The SMILES string of the molecule is CC(C)c1n[nH]c(C2CCNC2)n1. The second kappa shape index (κ2) is 3.46. The highest BCUT2D eigenvalue weighted by Gasteiger charge is 2.20. The number of H-pyrrole nitrogens is 1. The molecule has 1 fully saturated rings. The molecule has 0 radical (unpaired) electrons. The van der Waals surface area contributed by atoms with Crippen molar-refractivity contribution in [3.63, 3.8) is 0 Å². The second-order valence-corrected chi connectivity index (χ2v) is 3.92. The predicted molar refractivity (Wildman–Crippen MR) is 50.7 cm³/mol. The van der Waals surface area contributed by atoms with E-state index >= 15 is 0 Å². The van der Waals surface area contributed by atoms with E-state index in [4.69, 9.17) is 0 Å². The van der Waals surface area contributed by atoms with Crippen LogP contribution in [0.15, 0.2) is 0 Å². The van der Waals surface area contributed by atoms with Crippen LogP contribution in [0.3, 0.4) is 0 Å². The van der Waals surface area contributed by atoms with Gasteiger partial charge in [0.15, 0.2) is 5.82 Å². The van der Waals surface area contributed by atoms with Gasteiger partial charge >= 0.3 is 0 Å². The molecule has 1 unspecified atom stereocenters. The molecule has 1 aromatic heterocycles. The average molecular weight is 180 g/mol. The Hall–Kier alpha value is -0.900. The molecule has 0 bridgehead atoms. The molecule has 1 aliphatic rings. The molecule has 4 nitrogen and oxygen atoms in total. The maximum atomic E-state index is 4.49. The van der Waals surface area contributed by atoms with Crippen LogP contribution in [0.1, 0.15) is 43.8 Å². The highest BCUT2D eigenvalue weighted by Crippen LogP contribution is 2.19. The van der Waals surface area contributed by atoms with Crippen LogP contribution in [0.4, 0.5) is 0 Å². The van der Waals surface area contributed by atoms with Crippen molar-refractivity contribution in [2.75, 3.05) is 13.1 Å². The van der Waals surface area contributed by atoms with Gasteiger partial charge in [0, 0.05) is 18.4 Å². The summed E-state index contributed by atoms with van der Waals surface area (Å²) >= 11 is 0. The first kappa shape index (κ1) is 8.69. The minimum Gasteiger partial charge on any atom is -0.316 e. The quantitative estimate of drug-likeness (QED) is 0.714. The maximum Gasteiger partial charge on any atom is 0.153 e. The zero-order valence-electron chi connectivity index (χ0n) is 8.17. The van der Waals surface area contributed by atoms with Crippen LogP contribution in [-0.4, -0.2) is 28.3 Å². The van der Waals surface area contributed by atoms with Crippen molar-refractivity contribution < 1.29 is 0 Å². The summed E-state index contributed by atoms with van der Waals surface area (Å²) in [5.74, 6) is 2.94. The van der Waals surface area contributed by atoms with Crippen molar-refractivity contribution in [1.29, 1.82) is 0 Å². The van der Waals surface area contributed by atoms with E-state index in [2.05, 4.69) is 34.3 Å². The summed E-state index contributed by atoms with van der Waals surface area (Å²) in [7, 11) is 0. The van der Waals surface area contributed by atoms with E-state index in [0.29, 0.717) is 11.8 Å². The van der Waals surface area contributed by atoms with E-state index in [-0.39, 0.29) is 0 Å². The smallest absolute Gasteiger partial charge is 0.153 e. The molecule has 0 spiro atoms. The monoisotopic (exact) mass is 180 g/mol. The molecule has 13 heavy (non-hydrogen) atoms. The van der Waals surface area contributed by atoms with Gasteiger partial charge in [-0.15, -0.1) is 0 Å². The van der Waals surface area contributed by atoms with Crippen molar-refractivity contribution in [3.05, 3.63) is 11.6 Å². The Morgan fingerprint density at radius 2 is 2.31 bits per heavy atom. The Morgan fingerprint density at radius 1 is 1.46 bits per heavy atom. The Kier molecular flexibility index (Phi) is 2.31. The fourth-order valence-corrected chi connectivity index (χ4v) is 1.62. The highest BCUT2D eigenvalue weighted by atomic mass is 15.2. The third-order valence-electron chi connectivity index (χ3n) is 2.48. The van der Waals surface area contributed by atoms with Crippen LogP contribution in [0, 0.1) is 0 Å². The first-order valence-electron chi connectivity index (χ1n) is 4.90. The number of hydrogen-bond acceptors (Lipinski definition) is 3. The Balaban J connectivity index is 2.12. The highest BCUT2D eigenvalue weighted by molar-refractivity contribution is 5.03. The summed E-state index contributed by atoms with van der Waals surface area (Å²) in [6.45, 7) is 6.36. The van der Waals surface area contributed by atoms with Gasteiger partial charge in [0.05, 0.1) is 0 Å². The van der Waals surface area contributed by atoms with Crippen LogP contribution >= 0.6 is 0 Å². The largest absolute Gasteiger partial charge is 0.316 e. The van der Waals surface area contributed by atoms with Crippen molar-refractivity contribution in [1.82, 2.24) is 20.5 Å². The summed E-state index contributed by atoms with van der Waals surface area (Å²) in [5, 5.41) is 10.5. The molecular formula is C9H16N4. The van der Waals surface area contributed by atoms with Gasteiger partial charge in [0.2, 0.25) is 0 Å². The third-order valence-corrected chi connectivity index (χ3v) is 2.48. The van der Waals surface area contributed by atoms with Gasteiger partial charge in [0.25, 0.3) is 0 Å². The van der Waals surface area contributed by atoms with E-state index in [1.807, 2.05) is 0 Å². The number of aromatic amines is 1. The molecular weight excluding hydrogens is 164 g/mol. The maximum absolute atomic E-state index is 4.49. The molecule has 4 heteroatoms. The normalized spacial score (nSPS) is 22.8. The lowest BCUT2D eigenvalue weighted by Crippen LogP contribution is -2.08. The van der Waals surface area contributed by atoms with Gasteiger partial charge in [-0.25, -0.2) is 4.98 Å². The summed E-state index contributed by atoms with van der Waals surface area (Å²) in [6.07, 6.45) is 1.17. The van der Waals surface area contributed by atoms with Crippen molar-refractivity contribution in [3.8, 4) is 0 Å². The number of nitrogens with one attached hydrogen (secondary N) is 2. The zero-order chi connectivity index (χ0) is 9.26. The summed E-state index contributed by atoms with van der Waals surface area (Å²) < 4.78 is 0.